The molecule has 0 heterocycles. The number of nitrogens with two attached hydrogens (primary N) is 1. The fourth-order valence-corrected chi connectivity index (χ4v) is 1.11. The van der Waals surface area contributed by atoms with Crippen LogP contribution in [0.25, 0.3) is 0 Å². The number of benzene rings is 1. The van der Waals surface area contributed by atoms with Gasteiger partial charge in [-0.05, 0) is 31.5 Å². The smallest absolute Gasteiger partial charge is 0.119 e. The summed E-state index contributed by atoms with van der Waals surface area (Å²) in [5.41, 5.74) is 6.86. The summed E-state index contributed by atoms with van der Waals surface area (Å²) in [5.74, 6) is 0.882. The Balaban J connectivity index is 2.55. The molecular formula is C12H17NO. The van der Waals surface area contributed by atoms with E-state index in [2.05, 4.69) is 0 Å². The van der Waals surface area contributed by atoms with Crippen LogP contribution in [-0.2, 0) is 0 Å². The summed E-state index contributed by atoms with van der Waals surface area (Å²) in [6.07, 6.45) is 3.94. The molecule has 0 bridgehead atoms. The minimum absolute atomic E-state index is 0.0830. The van der Waals surface area contributed by atoms with Crippen LogP contribution in [0.3, 0.4) is 0 Å². The molecule has 2 heteroatoms. The Morgan fingerprint density at radius 2 is 2.00 bits per heavy atom. The lowest BCUT2D eigenvalue weighted by molar-refractivity contribution is 0.362. The van der Waals surface area contributed by atoms with Gasteiger partial charge in [0.05, 0.1) is 0 Å². The minimum atomic E-state index is 0.0830. The van der Waals surface area contributed by atoms with E-state index in [0.717, 1.165) is 11.3 Å². The maximum atomic E-state index is 5.73. The van der Waals surface area contributed by atoms with E-state index in [1.165, 1.54) is 0 Å². The summed E-state index contributed by atoms with van der Waals surface area (Å²) >= 11 is 0. The van der Waals surface area contributed by atoms with Gasteiger partial charge in [-0.25, -0.2) is 0 Å². The Hall–Kier alpha value is -1.28. The molecule has 0 amide bonds. The summed E-state index contributed by atoms with van der Waals surface area (Å²) in [6.45, 7) is 4.56. The van der Waals surface area contributed by atoms with E-state index in [4.69, 9.17) is 10.5 Å². The Labute approximate surface area is 85.4 Å². The normalized spacial score (nSPS) is 13.1. The molecule has 76 valence electrons. The summed E-state index contributed by atoms with van der Waals surface area (Å²) < 4.78 is 5.45. The van der Waals surface area contributed by atoms with E-state index in [1.807, 2.05) is 50.3 Å². The Morgan fingerprint density at radius 3 is 2.50 bits per heavy atom. The van der Waals surface area contributed by atoms with Crippen LogP contribution in [0, 0.1) is 0 Å². The first-order valence-corrected chi connectivity index (χ1v) is 4.83. The summed E-state index contributed by atoms with van der Waals surface area (Å²) in [6, 6.07) is 7.97. The van der Waals surface area contributed by atoms with Crippen molar-refractivity contribution < 1.29 is 4.74 Å². The second kappa shape index (κ2) is 5.45. The van der Waals surface area contributed by atoms with Gasteiger partial charge in [-0.2, -0.15) is 0 Å². The average Bonchev–Trinajstić information content (AvgIpc) is 2.19. The largest absolute Gasteiger partial charge is 0.490 e. The zero-order valence-corrected chi connectivity index (χ0v) is 8.73. The Kier molecular flexibility index (Phi) is 4.20. The van der Waals surface area contributed by atoms with Crippen molar-refractivity contribution in [3.63, 3.8) is 0 Å². The maximum absolute atomic E-state index is 5.73. The molecule has 1 rings (SSSR count). The zero-order chi connectivity index (χ0) is 10.4. The van der Waals surface area contributed by atoms with Crippen molar-refractivity contribution in [3.8, 4) is 5.75 Å². The van der Waals surface area contributed by atoms with Gasteiger partial charge in [-0.3, -0.25) is 0 Å². The van der Waals surface area contributed by atoms with E-state index < -0.39 is 0 Å². The maximum Gasteiger partial charge on any atom is 0.119 e. The third kappa shape index (κ3) is 3.23. The van der Waals surface area contributed by atoms with Gasteiger partial charge in [0.15, 0.2) is 0 Å². The van der Waals surface area contributed by atoms with Gasteiger partial charge in [-0.15, -0.1) is 0 Å². The van der Waals surface area contributed by atoms with Crippen molar-refractivity contribution in [1.82, 2.24) is 0 Å². The predicted molar refractivity (Wildman–Crippen MR) is 59.4 cm³/mol. The molecule has 14 heavy (non-hydrogen) atoms. The number of allylic oxidation sites excluding steroid dienone is 1. The van der Waals surface area contributed by atoms with Crippen LogP contribution in [0.2, 0.25) is 0 Å². The topological polar surface area (TPSA) is 35.2 Å². The standard InChI is InChI=1S/C12H17NO/c1-3-4-9-14-12-7-5-11(6-8-12)10(2)13/h3-8,10H,9,13H2,1-2H3/b4-3+. The van der Waals surface area contributed by atoms with Crippen LogP contribution in [0.4, 0.5) is 0 Å². The SMILES string of the molecule is C/C=C/COc1ccc(C(C)N)cc1. The first-order valence-electron chi connectivity index (χ1n) is 4.83. The highest BCUT2D eigenvalue weighted by atomic mass is 16.5. The van der Waals surface area contributed by atoms with Crippen molar-refractivity contribution in [2.75, 3.05) is 6.61 Å². The molecule has 1 aromatic carbocycles. The Bertz CT molecular complexity index is 288. The van der Waals surface area contributed by atoms with Gasteiger partial charge >= 0.3 is 0 Å². The molecule has 0 aromatic heterocycles. The molecule has 2 N–H and O–H groups in total. The van der Waals surface area contributed by atoms with Crippen molar-refractivity contribution in [2.45, 2.75) is 19.9 Å². The third-order valence-corrected chi connectivity index (χ3v) is 1.99. The number of rotatable bonds is 4. The lowest BCUT2D eigenvalue weighted by atomic mass is 10.1. The van der Waals surface area contributed by atoms with E-state index in [9.17, 15) is 0 Å². The Morgan fingerprint density at radius 1 is 1.36 bits per heavy atom. The van der Waals surface area contributed by atoms with Crippen molar-refractivity contribution in [2.24, 2.45) is 5.73 Å². The van der Waals surface area contributed by atoms with Crippen molar-refractivity contribution >= 4 is 0 Å². The quantitative estimate of drug-likeness (QED) is 0.742. The van der Waals surface area contributed by atoms with Gasteiger partial charge in [0, 0.05) is 6.04 Å². The van der Waals surface area contributed by atoms with E-state index in [0.29, 0.717) is 6.61 Å². The number of hydrogen-bond donors (Lipinski definition) is 1. The molecule has 0 saturated heterocycles. The van der Waals surface area contributed by atoms with Crippen LogP contribution in [-0.4, -0.2) is 6.61 Å². The molecule has 0 radical (unpaired) electrons. The van der Waals surface area contributed by atoms with Gasteiger partial charge in [0.2, 0.25) is 0 Å². The third-order valence-electron chi connectivity index (χ3n) is 1.99. The van der Waals surface area contributed by atoms with Crippen molar-refractivity contribution in [1.29, 1.82) is 0 Å². The summed E-state index contributed by atoms with van der Waals surface area (Å²) in [5, 5.41) is 0. The van der Waals surface area contributed by atoms with Gasteiger partial charge in [-0.1, -0.05) is 24.3 Å². The second-order valence-electron chi connectivity index (χ2n) is 3.24. The zero-order valence-electron chi connectivity index (χ0n) is 8.73. The molecule has 0 saturated carbocycles. The molecule has 2 nitrogen and oxygen atoms in total. The van der Waals surface area contributed by atoms with Gasteiger partial charge in [0.25, 0.3) is 0 Å². The molecule has 1 atom stereocenters. The number of ether oxygens (including phenoxy) is 1. The molecule has 1 unspecified atom stereocenters. The monoisotopic (exact) mass is 191 g/mol. The second-order valence-corrected chi connectivity index (χ2v) is 3.24. The first kappa shape index (κ1) is 10.8. The van der Waals surface area contributed by atoms with Crippen LogP contribution in [0.5, 0.6) is 5.75 Å². The molecule has 0 aliphatic rings. The van der Waals surface area contributed by atoms with Gasteiger partial charge in [0.1, 0.15) is 12.4 Å². The van der Waals surface area contributed by atoms with Crippen molar-refractivity contribution in [3.05, 3.63) is 42.0 Å². The molecular weight excluding hydrogens is 174 g/mol. The van der Waals surface area contributed by atoms with Gasteiger partial charge < -0.3 is 10.5 Å². The molecule has 0 spiro atoms. The van der Waals surface area contributed by atoms with E-state index in [1.54, 1.807) is 0 Å². The van der Waals surface area contributed by atoms with Crippen LogP contribution < -0.4 is 10.5 Å². The minimum Gasteiger partial charge on any atom is -0.490 e. The molecule has 0 aliphatic heterocycles. The lowest BCUT2D eigenvalue weighted by Crippen LogP contribution is -2.04. The fraction of sp³-hybridized carbons (Fsp3) is 0.333. The highest BCUT2D eigenvalue weighted by Gasteiger charge is 1.98. The lowest BCUT2D eigenvalue weighted by Gasteiger charge is -2.07. The first-order chi connectivity index (χ1) is 6.74. The van der Waals surface area contributed by atoms with Crippen LogP contribution >= 0.6 is 0 Å². The van der Waals surface area contributed by atoms with E-state index in [-0.39, 0.29) is 6.04 Å². The summed E-state index contributed by atoms with van der Waals surface area (Å²) in [7, 11) is 0. The molecule has 1 aromatic rings. The predicted octanol–water partition coefficient (Wildman–Crippen LogP) is 2.66. The van der Waals surface area contributed by atoms with Crippen LogP contribution in [0.1, 0.15) is 25.5 Å². The average molecular weight is 191 g/mol. The molecule has 0 aliphatic carbocycles. The number of hydrogen-bond acceptors (Lipinski definition) is 2. The summed E-state index contributed by atoms with van der Waals surface area (Å²) in [4.78, 5) is 0. The van der Waals surface area contributed by atoms with Crippen LogP contribution in [0.15, 0.2) is 36.4 Å². The van der Waals surface area contributed by atoms with E-state index >= 15 is 0 Å². The molecule has 0 fully saturated rings. The fourth-order valence-electron chi connectivity index (χ4n) is 1.11. The highest BCUT2D eigenvalue weighted by Crippen LogP contribution is 2.15. The highest BCUT2D eigenvalue weighted by molar-refractivity contribution is 5.28.